The minimum Gasteiger partial charge on any atom is -0.497 e. The van der Waals surface area contributed by atoms with Crippen molar-refractivity contribution >= 4 is 11.8 Å². The Bertz CT molecular complexity index is 801. The van der Waals surface area contributed by atoms with Crippen LogP contribution in [0, 0.1) is 13.8 Å². The van der Waals surface area contributed by atoms with E-state index in [0.717, 1.165) is 48.0 Å². The number of amides is 2. The van der Waals surface area contributed by atoms with E-state index in [1.54, 1.807) is 13.3 Å². The summed E-state index contributed by atoms with van der Waals surface area (Å²) in [6.45, 7) is 8.84. The number of hydrogen-bond acceptors (Lipinski definition) is 5. The van der Waals surface area contributed by atoms with Gasteiger partial charge in [0.15, 0.2) is 0 Å². The first-order valence-corrected chi connectivity index (χ1v) is 9.76. The highest BCUT2D eigenvalue weighted by molar-refractivity contribution is 5.75. The standard InChI is InChI=1S/C21H29N5O2/c1-5-19(17-6-8-18(28-4)9-7-17)24-21(27)26-12-10-25(11-13-26)20-16(3)22-14-15(2)23-20/h6-9,14,19H,5,10-13H2,1-4H3,(H,24,27)/t19-/m1/s1. The van der Waals surface area contributed by atoms with Gasteiger partial charge in [0.1, 0.15) is 11.6 Å². The Morgan fingerprint density at radius 3 is 2.46 bits per heavy atom. The van der Waals surface area contributed by atoms with E-state index in [0.29, 0.717) is 13.1 Å². The number of piperazine rings is 1. The van der Waals surface area contributed by atoms with E-state index in [-0.39, 0.29) is 12.1 Å². The lowest BCUT2D eigenvalue weighted by molar-refractivity contribution is 0.189. The Morgan fingerprint density at radius 1 is 1.18 bits per heavy atom. The predicted molar refractivity (Wildman–Crippen MR) is 110 cm³/mol. The van der Waals surface area contributed by atoms with Crippen LogP contribution in [0.5, 0.6) is 5.75 Å². The summed E-state index contributed by atoms with van der Waals surface area (Å²) in [6, 6.07) is 7.83. The normalized spacial score (nSPS) is 15.3. The van der Waals surface area contributed by atoms with Gasteiger partial charge >= 0.3 is 6.03 Å². The molecule has 28 heavy (non-hydrogen) atoms. The zero-order valence-electron chi connectivity index (χ0n) is 17.1. The van der Waals surface area contributed by atoms with Gasteiger partial charge in [-0.25, -0.2) is 9.78 Å². The number of rotatable bonds is 5. The first-order valence-electron chi connectivity index (χ1n) is 9.76. The van der Waals surface area contributed by atoms with E-state index in [4.69, 9.17) is 4.74 Å². The van der Waals surface area contributed by atoms with Crippen molar-refractivity contribution in [3.63, 3.8) is 0 Å². The number of carbonyl (C=O) groups excluding carboxylic acids is 1. The minimum atomic E-state index is -0.0191. The number of nitrogens with one attached hydrogen (secondary N) is 1. The molecule has 1 aliphatic rings. The number of aromatic nitrogens is 2. The molecule has 0 saturated carbocycles. The predicted octanol–water partition coefficient (Wildman–Crippen LogP) is 3.08. The van der Waals surface area contributed by atoms with Crippen molar-refractivity contribution in [2.24, 2.45) is 0 Å². The number of nitrogens with zero attached hydrogens (tertiary/aromatic N) is 4. The van der Waals surface area contributed by atoms with Gasteiger partial charge in [0.05, 0.1) is 24.5 Å². The van der Waals surface area contributed by atoms with Crippen LogP contribution < -0.4 is 15.0 Å². The maximum atomic E-state index is 12.8. The molecule has 1 aromatic heterocycles. The first-order chi connectivity index (χ1) is 13.5. The number of aryl methyl sites for hydroxylation is 2. The number of anilines is 1. The molecule has 2 amide bonds. The molecule has 0 spiro atoms. The van der Waals surface area contributed by atoms with Crippen LogP contribution in [0.25, 0.3) is 0 Å². The molecule has 7 heteroatoms. The largest absolute Gasteiger partial charge is 0.497 e. The van der Waals surface area contributed by atoms with Gasteiger partial charge in [0.25, 0.3) is 0 Å². The molecule has 2 aromatic rings. The van der Waals surface area contributed by atoms with Crippen LogP contribution in [0.15, 0.2) is 30.5 Å². The molecule has 3 rings (SSSR count). The monoisotopic (exact) mass is 383 g/mol. The van der Waals surface area contributed by atoms with Crippen molar-refractivity contribution in [2.45, 2.75) is 33.2 Å². The highest BCUT2D eigenvalue weighted by atomic mass is 16.5. The lowest BCUT2D eigenvalue weighted by atomic mass is 10.0. The van der Waals surface area contributed by atoms with Crippen molar-refractivity contribution < 1.29 is 9.53 Å². The molecule has 150 valence electrons. The Labute approximate surface area is 166 Å². The van der Waals surface area contributed by atoms with E-state index in [2.05, 4.69) is 27.1 Å². The van der Waals surface area contributed by atoms with E-state index >= 15 is 0 Å². The molecule has 1 atom stereocenters. The summed E-state index contributed by atoms with van der Waals surface area (Å²) in [6.07, 6.45) is 2.61. The van der Waals surface area contributed by atoms with E-state index < -0.39 is 0 Å². The van der Waals surface area contributed by atoms with Crippen LogP contribution in [-0.2, 0) is 0 Å². The summed E-state index contributed by atoms with van der Waals surface area (Å²) in [5, 5.41) is 3.16. The third kappa shape index (κ3) is 4.52. The summed E-state index contributed by atoms with van der Waals surface area (Å²) in [4.78, 5) is 25.9. The Balaban J connectivity index is 1.58. The summed E-state index contributed by atoms with van der Waals surface area (Å²) in [7, 11) is 1.65. The van der Waals surface area contributed by atoms with Crippen molar-refractivity contribution in [1.82, 2.24) is 20.2 Å². The van der Waals surface area contributed by atoms with E-state index in [1.165, 1.54) is 0 Å². The SMILES string of the molecule is CC[C@@H](NC(=O)N1CCN(c2nc(C)cnc2C)CC1)c1ccc(OC)cc1. The molecule has 1 aliphatic heterocycles. The summed E-state index contributed by atoms with van der Waals surface area (Å²) in [5.74, 6) is 1.74. The van der Waals surface area contributed by atoms with Gasteiger partial charge in [-0.2, -0.15) is 0 Å². The second-order valence-corrected chi connectivity index (χ2v) is 7.08. The van der Waals surface area contributed by atoms with Crippen molar-refractivity contribution in [2.75, 3.05) is 38.2 Å². The fourth-order valence-electron chi connectivity index (χ4n) is 3.44. The summed E-state index contributed by atoms with van der Waals surface area (Å²) >= 11 is 0. The number of hydrogen-bond donors (Lipinski definition) is 1. The van der Waals surface area contributed by atoms with Crippen LogP contribution >= 0.6 is 0 Å². The smallest absolute Gasteiger partial charge is 0.318 e. The van der Waals surface area contributed by atoms with Crippen LogP contribution in [0.1, 0.15) is 36.3 Å². The molecule has 1 saturated heterocycles. The molecule has 0 unspecified atom stereocenters. The lowest BCUT2D eigenvalue weighted by Crippen LogP contribution is -2.52. The minimum absolute atomic E-state index is 0.0127. The number of methoxy groups -OCH3 is 1. The highest BCUT2D eigenvalue weighted by Gasteiger charge is 2.24. The molecule has 0 aliphatic carbocycles. The zero-order chi connectivity index (χ0) is 20.1. The molecule has 1 N–H and O–H groups in total. The van der Waals surface area contributed by atoms with Gasteiger partial charge in [0.2, 0.25) is 0 Å². The van der Waals surface area contributed by atoms with Crippen LogP contribution in [0.2, 0.25) is 0 Å². The molecule has 1 fully saturated rings. The van der Waals surface area contributed by atoms with E-state index in [9.17, 15) is 4.79 Å². The molecular weight excluding hydrogens is 354 g/mol. The number of carbonyl (C=O) groups is 1. The Kier molecular flexibility index (Phi) is 6.34. The van der Waals surface area contributed by atoms with Crippen molar-refractivity contribution in [3.8, 4) is 5.75 Å². The maximum absolute atomic E-state index is 12.8. The van der Waals surface area contributed by atoms with E-state index in [1.807, 2.05) is 43.0 Å². The fraction of sp³-hybridized carbons (Fsp3) is 0.476. The molecule has 2 heterocycles. The number of ether oxygens (including phenoxy) is 1. The second-order valence-electron chi connectivity index (χ2n) is 7.08. The summed E-state index contributed by atoms with van der Waals surface area (Å²) < 4.78 is 5.21. The Hall–Kier alpha value is -2.83. The highest BCUT2D eigenvalue weighted by Crippen LogP contribution is 2.21. The zero-order valence-corrected chi connectivity index (χ0v) is 17.1. The van der Waals surface area contributed by atoms with Crippen molar-refractivity contribution in [1.29, 1.82) is 0 Å². The molecular formula is C21H29N5O2. The lowest BCUT2D eigenvalue weighted by Gasteiger charge is -2.36. The second kappa shape index (κ2) is 8.91. The fourth-order valence-corrected chi connectivity index (χ4v) is 3.44. The average molecular weight is 383 g/mol. The van der Waals surface area contributed by atoms with Crippen LogP contribution in [-0.4, -0.2) is 54.2 Å². The molecule has 0 bridgehead atoms. The number of benzene rings is 1. The quantitative estimate of drug-likeness (QED) is 0.859. The van der Waals surface area contributed by atoms with Gasteiger partial charge in [-0.3, -0.25) is 4.98 Å². The third-order valence-electron chi connectivity index (χ3n) is 5.14. The first kappa shape index (κ1) is 19.9. The van der Waals surface area contributed by atoms with Crippen LogP contribution in [0.4, 0.5) is 10.6 Å². The van der Waals surface area contributed by atoms with Gasteiger partial charge in [0, 0.05) is 32.4 Å². The molecule has 0 radical (unpaired) electrons. The van der Waals surface area contributed by atoms with Gasteiger partial charge in [-0.05, 0) is 38.0 Å². The van der Waals surface area contributed by atoms with Gasteiger partial charge < -0.3 is 19.9 Å². The van der Waals surface area contributed by atoms with Crippen LogP contribution in [0.3, 0.4) is 0 Å². The Morgan fingerprint density at radius 2 is 1.86 bits per heavy atom. The van der Waals surface area contributed by atoms with Crippen molar-refractivity contribution in [3.05, 3.63) is 47.4 Å². The third-order valence-corrected chi connectivity index (χ3v) is 5.14. The van der Waals surface area contributed by atoms with Gasteiger partial charge in [-0.15, -0.1) is 0 Å². The molecule has 1 aromatic carbocycles. The summed E-state index contributed by atoms with van der Waals surface area (Å²) in [5.41, 5.74) is 2.92. The average Bonchev–Trinajstić information content (AvgIpc) is 2.74. The topological polar surface area (TPSA) is 70.6 Å². The number of urea groups is 1. The van der Waals surface area contributed by atoms with Gasteiger partial charge in [-0.1, -0.05) is 19.1 Å². The molecule has 7 nitrogen and oxygen atoms in total. The maximum Gasteiger partial charge on any atom is 0.318 e.